The lowest BCUT2D eigenvalue weighted by atomic mass is 10.1. The maximum Gasteiger partial charge on any atom is 0.251 e. The van der Waals surface area contributed by atoms with Gasteiger partial charge in [-0.25, -0.2) is 0 Å². The van der Waals surface area contributed by atoms with Crippen LogP contribution in [0, 0.1) is 0 Å². The monoisotopic (exact) mass is 455 g/mol. The molecule has 1 amide bonds. The van der Waals surface area contributed by atoms with Gasteiger partial charge in [-0.3, -0.25) is 4.79 Å². The maximum atomic E-state index is 12.4. The Balaban J connectivity index is 2.04. The van der Waals surface area contributed by atoms with Gasteiger partial charge in [0, 0.05) is 16.6 Å². The van der Waals surface area contributed by atoms with E-state index in [4.69, 9.17) is 9.47 Å². The van der Waals surface area contributed by atoms with Crippen molar-refractivity contribution in [3.63, 3.8) is 0 Å². The van der Waals surface area contributed by atoms with Crippen molar-refractivity contribution in [2.75, 3.05) is 20.3 Å². The fourth-order valence-electron chi connectivity index (χ4n) is 2.25. The molecule has 128 valence electrons. The molecule has 2 aromatic carbocycles. The molecule has 24 heavy (non-hydrogen) atoms. The van der Waals surface area contributed by atoms with Gasteiger partial charge in [0.15, 0.2) is 11.5 Å². The second-order valence-corrected chi connectivity index (χ2v) is 6.73. The van der Waals surface area contributed by atoms with Crippen molar-refractivity contribution in [1.82, 2.24) is 5.32 Å². The minimum Gasteiger partial charge on any atom is -0.493 e. The molecule has 0 spiro atoms. The smallest absolute Gasteiger partial charge is 0.251 e. The van der Waals surface area contributed by atoms with Crippen LogP contribution < -0.4 is 14.8 Å². The van der Waals surface area contributed by atoms with E-state index >= 15 is 0 Å². The average Bonchev–Trinajstić information content (AvgIpc) is 2.58. The fraction of sp³-hybridized carbons (Fsp3) is 0.278. The zero-order chi connectivity index (χ0) is 17.5. The van der Waals surface area contributed by atoms with Crippen molar-refractivity contribution < 1.29 is 14.3 Å². The van der Waals surface area contributed by atoms with Crippen LogP contribution in [-0.2, 0) is 6.42 Å². The zero-order valence-electron chi connectivity index (χ0n) is 13.6. The van der Waals surface area contributed by atoms with Gasteiger partial charge < -0.3 is 14.8 Å². The zero-order valence-corrected chi connectivity index (χ0v) is 16.7. The molecular weight excluding hydrogens is 438 g/mol. The number of carbonyl (C=O) groups excluding carboxylic acids is 1. The summed E-state index contributed by atoms with van der Waals surface area (Å²) < 4.78 is 12.6. The molecule has 0 heterocycles. The third-order valence-electron chi connectivity index (χ3n) is 3.42. The summed E-state index contributed by atoms with van der Waals surface area (Å²) >= 11 is 6.94. The van der Waals surface area contributed by atoms with E-state index < -0.39 is 0 Å². The summed E-state index contributed by atoms with van der Waals surface area (Å²) in [6.07, 6.45) is 0.752. The fourth-order valence-corrected chi connectivity index (χ4v) is 3.29. The van der Waals surface area contributed by atoms with Crippen molar-refractivity contribution >= 4 is 37.8 Å². The number of rotatable bonds is 7. The van der Waals surface area contributed by atoms with E-state index in [1.165, 1.54) is 0 Å². The Labute approximate surface area is 158 Å². The number of nitrogens with one attached hydrogen (secondary N) is 1. The lowest BCUT2D eigenvalue weighted by molar-refractivity contribution is 0.0953. The van der Waals surface area contributed by atoms with Gasteiger partial charge in [0.05, 0.1) is 18.2 Å². The molecule has 0 fully saturated rings. The highest BCUT2D eigenvalue weighted by Gasteiger charge is 2.15. The van der Waals surface area contributed by atoms with E-state index in [0.717, 1.165) is 16.5 Å². The SMILES string of the molecule is CCOc1c(Br)cc(C(=O)NCCc2ccccc2Br)cc1OC. The first-order valence-corrected chi connectivity index (χ1v) is 9.17. The van der Waals surface area contributed by atoms with Crippen molar-refractivity contribution in [1.29, 1.82) is 0 Å². The molecule has 4 nitrogen and oxygen atoms in total. The van der Waals surface area contributed by atoms with E-state index in [0.29, 0.717) is 34.7 Å². The highest BCUT2D eigenvalue weighted by atomic mass is 79.9. The lowest BCUT2D eigenvalue weighted by Gasteiger charge is -2.13. The largest absolute Gasteiger partial charge is 0.493 e. The van der Waals surface area contributed by atoms with Gasteiger partial charge in [0.1, 0.15) is 0 Å². The number of amides is 1. The molecule has 0 atom stereocenters. The van der Waals surface area contributed by atoms with Gasteiger partial charge in [-0.05, 0) is 53.0 Å². The molecule has 0 aliphatic rings. The van der Waals surface area contributed by atoms with Gasteiger partial charge in [0.25, 0.3) is 5.91 Å². The van der Waals surface area contributed by atoms with E-state index in [1.807, 2.05) is 31.2 Å². The van der Waals surface area contributed by atoms with Crippen LogP contribution in [-0.4, -0.2) is 26.2 Å². The standard InChI is InChI=1S/C18H19Br2NO3/c1-3-24-17-15(20)10-13(11-16(17)23-2)18(22)21-9-8-12-6-4-5-7-14(12)19/h4-7,10-11H,3,8-9H2,1-2H3,(H,21,22). The summed E-state index contributed by atoms with van der Waals surface area (Å²) in [4.78, 5) is 12.4. The van der Waals surface area contributed by atoms with E-state index in [-0.39, 0.29) is 5.91 Å². The molecule has 0 saturated heterocycles. The molecule has 2 aromatic rings. The molecule has 0 aliphatic heterocycles. The molecule has 6 heteroatoms. The predicted octanol–water partition coefficient (Wildman–Crippen LogP) is 4.59. The number of ether oxygens (including phenoxy) is 2. The van der Waals surface area contributed by atoms with Crippen molar-refractivity contribution in [3.05, 3.63) is 56.5 Å². The molecule has 0 aliphatic carbocycles. The summed E-state index contributed by atoms with van der Waals surface area (Å²) in [5.74, 6) is 0.982. The van der Waals surface area contributed by atoms with Crippen LogP contribution >= 0.6 is 31.9 Å². The molecule has 0 radical (unpaired) electrons. The molecule has 2 rings (SSSR count). The second kappa shape index (κ2) is 9.08. The number of hydrogen-bond acceptors (Lipinski definition) is 3. The van der Waals surface area contributed by atoms with Gasteiger partial charge in [-0.1, -0.05) is 34.1 Å². The van der Waals surface area contributed by atoms with Gasteiger partial charge >= 0.3 is 0 Å². The third-order valence-corrected chi connectivity index (χ3v) is 4.78. The van der Waals surface area contributed by atoms with Gasteiger partial charge in [-0.2, -0.15) is 0 Å². The molecule has 1 N–H and O–H groups in total. The van der Waals surface area contributed by atoms with Crippen molar-refractivity contribution in [2.24, 2.45) is 0 Å². The average molecular weight is 457 g/mol. The highest BCUT2D eigenvalue weighted by Crippen LogP contribution is 2.36. The van der Waals surface area contributed by atoms with Crippen molar-refractivity contribution in [3.8, 4) is 11.5 Å². The number of carbonyl (C=O) groups is 1. The van der Waals surface area contributed by atoms with Crippen LogP contribution in [0.3, 0.4) is 0 Å². The Kier molecular flexibility index (Phi) is 7.12. The Morgan fingerprint density at radius 3 is 2.58 bits per heavy atom. The number of methoxy groups -OCH3 is 1. The predicted molar refractivity (Wildman–Crippen MR) is 102 cm³/mol. The minimum absolute atomic E-state index is 0.149. The summed E-state index contributed by atoms with van der Waals surface area (Å²) in [6, 6.07) is 11.4. The molecule has 0 bridgehead atoms. The lowest BCUT2D eigenvalue weighted by Crippen LogP contribution is -2.25. The highest BCUT2D eigenvalue weighted by molar-refractivity contribution is 9.10. The summed E-state index contributed by atoms with van der Waals surface area (Å²) in [5, 5.41) is 2.93. The van der Waals surface area contributed by atoms with Crippen LogP contribution in [0.2, 0.25) is 0 Å². The Bertz CT molecular complexity index is 719. The quantitative estimate of drug-likeness (QED) is 0.662. The summed E-state index contributed by atoms with van der Waals surface area (Å²) in [6.45, 7) is 2.97. The van der Waals surface area contributed by atoms with Gasteiger partial charge in [0.2, 0.25) is 0 Å². The van der Waals surface area contributed by atoms with Crippen LogP contribution in [0.4, 0.5) is 0 Å². The first-order valence-electron chi connectivity index (χ1n) is 7.58. The van der Waals surface area contributed by atoms with E-state index in [9.17, 15) is 4.79 Å². The number of halogens is 2. The minimum atomic E-state index is -0.149. The first kappa shape index (κ1) is 18.8. The molecular formula is C18H19Br2NO3. The Morgan fingerprint density at radius 1 is 1.17 bits per heavy atom. The first-order chi connectivity index (χ1) is 11.6. The van der Waals surface area contributed by atoms with Crippen LogP contribution in [0.1, 0.15) is 22.8 Å². The third kappa shape index (κ3) is 4.74. The molecule has 0 saturated carbocycles. The topological polar surface area (TPSA) is 47.6 Å². The Morgan fingerprint density at radius 2 is 1.92 bits per heavy atom. The normalized spacial score (nSPS) is 10.3. The van der Waals surface area contributed by atoms with E-state index in [1.54, 1.807) is 19.2 Å². The Hall–Kier alpha value is -1.53. The second-order valence-electron chi connectivity index (χ2n) is 5.02. The summed E-state index contributed by atoms with van der Waals surface area (Å²) in [5.41, 5.74) is 1.68. The maximum absolute atomic E-state index is 12.4. The number of hydrogen-bond donors (Lipinski definition) is 1. The molecule has 0 aromatic heterocycles. The van der Waals surface area contributed by atoms with Crippen LogP contribution in [0.15, 0.2) is 45.3 Å². The summed E-state index contributed by atoms with van der Waals surface area (Å²) in [7, 11) is 1.55. The van der Waals surface area contributed by atoms with Crippen LogP contribution in [0.5, 0.6) is 11.5 Å². The van der Waals surface area contributed by atoms with Crippen molar-refractivity contribution in [2.45, 2.75) is 13.3 Å². The molecule has 0 unspecified atom stereocenters. The van der Waals surface area contributed by atoms with Crippen LogP contribution in [0.25, 0.3) is 0 Å². The van der Waals surface area contributed by atoms with E-state index in [2.05, 4.69) is 37.2 Å². The van der Waals surface area contributed by atoms with Gasteiger partial charge in [-0.15, -0.1) is 0 Å². The number of benzene rings is 2.